The van der Waals surface area contributed by atoms with Gasteiger partial charge in [0.25, 0.3) is 0 Å². The van der Waals surface area contributed by atoms with Gasteiger partial charge < -0.3 is 4.74 Å². The summed E-state index contributed by atoms with van der Waals surface area (Å²) in [7, 11) is 1.43. The molecule has 25 heavy (non-hydrogen) atoms. The van der Waals surface area contributed by atoms with Crippen molar-refractivity contribution in [2.45, 2.75) is 50.1 Å². The molecule has 0 spiro atoms. The van der Waals surface area contributed by atoms with Crippen LogP contribution in [0.5, 0.6) is 0 Å². The number of methoxy groups -OCH3 is 1. The van der Waals surface area contributed by atoms with E-state index in [9.17, 15) is 10.1 Å². The van der Waals surface area contributed by atoms with E-state index in [0.717, 1.165) is 43.1 Å². The lowest BCUT2D eigenvalue weighted by Gasteiger charge is -2.59. The first-order valence-electron chi connectivity index (χ1n) is 9.45. The van der Waals surface area contributed by atoms with Crippen LogP contribution in [0.1, 0.15) is 37.7 Å². The Morgan fingerprint density at radius 3 is 2.32 bits per heavy atom. The number of carbonyl (C=O) groups excluding carboxylic acids is 1. The number of carbonyl (C=O) groups is 1. The molecule has 1 aromatic carbocycles. The van der Waals surface area contributed by atoms with Crippen LogP contribution in [0.3, 0.4) is 0 Å². The highest BCUT2D eigenvalue weighted by Gasteiger charge is 2.58. The van der Waals surface area contributed by atoms with Gasteiger partial charge in [0.1, 0.15) is 11.6 Å². The summed E-state index contributed by atoms with van der Waals surface area (Å²) in [6.07, 6.45) is 6.43. The van der Waals surface area contributed by atoms with E-state index in [1.54, 1.807) is 0 Å². The van der Waals surface area contributed by atoms with Crippen molar-refractivity contribution < 1.29 is 9.53 Å². The van der Waals surface area contributed by atoms with Crippen molar-refractivity contribution in [1.29, 1.82) is 5.26 Å². The molecule has 5 rings (SSSR count). The predicted octanol–water partition coefficient (Wildman–Crippen LogP) is 3.08. The maximum atomic E-state index is 12.4. The predicted molar refractivity (Wildman–Crippen MR) is 94.5 cm³/mol. The van der Waals surface area contributed by atoms with Gasteiger partial charge in [-0.2, -0.15) is 5.26 Å². The lowest BCUT2D eigenvalue weighted by molar-refractivity contribution is -0.145. The Labute approximate surface area is 149 Å². The van der Waals surface area contributed by atoms with Gasteiger partial charge in [0.05, 0.1) is 13.2 Å². The summed E-state index contributed by atoms with van der Waals surface area (Å²) in [5.74, 6) is 2.05. The van der Waals surface area contributed by atoms with Crippen molar-refractivity contribution in [1.82, 2.24) is 5.32 Å². The zero-order valence-electron chi connectivity index (χ0n) is 14.8. The Kier molecular flexibility index (Phi) is 4.29. The molecule has 1 atom stereocenters. The molecule has 0 aromatic heterocycles. The number of nitrogens with one attached hydrogen (secondary N) is 1. The fourth-order valence-electron chi connectivity index (χ4n) is 5.85. The molecular formula is C21H26N2O2. The number of rotatable bonds is 5. The number of nitrogens with zero attached hydrogens (tertiary/aromatic N) is 1. The summed E-state index contributed by atoms with van der Waals surface area (Å²) in [5.41, 5.74) is 0.517. The summed E-state index contributed by atoms with van der Waals surface area (Å²) in [5, 5.41) is 13.7. The summed E-state index contributed by atoms with van der Waals surface area (Å²) in [4.78, 5) is 12.4. The molecule has 1 N–H and O–H groups in total. The van der Waals surface area contributed by atoms with E-state index >= 15 is 0 Å². The zero-order valence-corrected chi connectivity index (χ0v) is 14.8. The molecule has 4 fully saturated rings. The lowest BCUT2D eigenvalue weighted by atomic mass is 9.49. The van der Waals surface area contributed by atoms with Crippen LogP contribution in [0.15, 0.2) is 30.3 Å². The molecule has 0 radical (unpaired) electrons. The van der Waals surface area contributed by atoms with Crippen molar-refractivity contribution in [2.75, 3.05) is 7.11 Å². The van der Waals surface area contributed by atoms with Crippen LogP contribution in [0.4, 0.5) is 0 Å². The molecule has 0 amide bonds. The van der Waals surface area contributed by atoms with Gasteiger partial charge in [-0.05, 0) is 67.8 Å². The smallest absolute Gasteiger partial charge is 0.323 e. The quantitative estimate of drug-likeness (QED) is 0.838. The van der Waals surface area contributed by atoms with Crippen LogP contribution in [0.25, 0.3) is 0 Å². The third kappa shape index (κ3) is 2.85. The SMILES string of the molecule is COC(=O)[C@@H](Cc1ccccc1)NC1(C#N)C2CC3CC(C2)CC1C3. The normalized spacial score (nSPS) is 36.6. The minimum atomic E-state index is -0.568. The van der Waals surface area contributed by atoms with E-state index in [2.05, 4.69) is 11.4 Å². The first-order chi connectivity index (χ1) is 12.1. The van der Waals surface area contributed by atoms with E-state index in [0.29, 0.717) is 18.3 Å². The third-order valence-electron chi connectivity index (χ3n) is 6.79. The average Bonchev–Trinajstić information content (AvgIpc) is 2.63. The van der Waals surface area contributed by atoms with Crippen LogP contribution in [0.2, 0.25) is 0 Å². The Morgan fingerprint density at radius 2 is 1.80 bits per heavy atom. The molecule has 4 nitrogen and oxygen atoms in total. The maximum absolute atomic E-state index is 12.4. The molecule has 4 heteroatoms. The molecule has 132 valence electrons. The Balaban J connectivity index is 1.60. The van der Waals surface area contributed by atoms with Crippen LogP contribution in [0, 0.1) is 35.0 Å². The van der Waals surface area contributed by atoms with Crippen molar-refractivity contribution >= 4 is 5.97 Å². The maximum Gasteiger partial charge on any atom is 0.323 e. The van der Waals surface area contributed by atoms with Crippen LogP contribution in [-0.4, -0.2) is 24.7 Å². The Morgan fingerprint density at radius 1 is 1.20 bits per heavy atom. The fraction of sp³-hybridized carbons (Fsp3) is 0.619. The largest absolute Gasteiger partial charge is 0.468 e. The highest BCUT2D eigenvalue weighted by Crippen LogP contribution is 2.58. The molecule has 0 unspecified atom stereocenters. The minimum absolute atomic E-state index is 0.271. The van der Waals surface area contributed by atoms with Gasteiger partial charge in [-0.1, -0.05) is 30.3 Å². The Bertz CT molecular complexity index is 651. The van der Waals surface area contributed by atoms with E-state index in [4.69, 9.17) is 4.74 Å². The van der Waals surface area contributed by atoms with Gasteiger partial charge >= 0.3 is 5.97 Å². The molecule has 1 aromatic rings. The number of nitriles is 1. The summed E-state index contributed by atoms with van der Waals surface area (Å²) >= 11 is 0. The molecule has 0 heterocycles. The number of benzene rings is 1. The van der Waals surface area contributed by atoms with Crippen LogP contribution >= 0.6 is 0 Å². The first-order valence-corrected chi connectivity index (χ1v) is 9.45. The summed E-state index contributed by atoms with van der Waals surface area (Å²) in [6.45, 7) is 0. The lowest BCUT2D eigenvalue weighted by Crippen LogP contribution is -2.67. The summed E-state index contributed by atoms with van der Waals surface area (Å²) in [6, 6.07) is 12.1. The summed E-state index contributed by atoms with van der Waals surface area (Å²) < 4.78 is 5.06. The number of ether oxygens (including phenoxy) is 1. The second-order valence-electron chi connectivity index (χ2n) is 8.20. The van der Waals surface area contributed by atoms with E-state index in [1.165, 1.54) is 13.5 Å². The molecule has 4 bridgehead atoms. The highest BCUT2D eigenvalue weighted by molar-refractivity contribution is 5.76. The van der Waals surface area contributed by atoms with Gasteiger partial charge in [-0.15, -0.1) is 0 Å². The monoisotopic (exact) mass is 338 g/mol. The van der Waals surface area contributed by atoms with E-state index in [1.807, 2.05) is 30.3 Å². The molecule has 4 aliphatic carbocycles. The average molecular weight is 338 g/mol. The van der Waals surface area contributed by atoms with Gasteiger partial charge in [0, 0.05) is 0 Å². The van der Waals surface area contributed by atoms with E-state index in [-0.39, 0.29) is 5.97 Å². The third-order valence-corrected chi connectivity index (χ3v) is 6.79. The molecular weight excluding hydrogens is 312 g/mol. The second kappa shape index (κ2) is 6.46. The molecule has 0 saturated heterocycles. The van der Waals surface area contributed by atoms with Gasteiger partial charge in [-0.3, -0.25) is 10.1 Å². The van der Waals surface area contributed by atoms with Crippen molar-refractivity contribution in [3.05, 3.63) is 35.9 Å². The van der Waals surface area contributed by atoms with Crippen LogP contribution in [-0.2, 0) is 16.0 Å². The number of hydrogen-bond acceptors (Lipinski definition) is 4. The number of esters is 1. The topological polar surface area (TPSA) is 62.1 Å². The van der Waals surface area contributed by atoms with Crippen LogP contribution < -0.4 is 5.32 Å². The second-order valence-corrected chi connectivity index (χ2v) is 8.20. The number of hydrogen-bond donors (Lipinski definition) is 1. The molecule has 4 saturated carbocycles. The highest BCUT2D eigenvalue weighted by atomic mass is 16.5. The van der Waals surface area contributed by atoms with Gasteiger partial charge in [0.2, 0.25) is 0 Å². The van der Waals surface area contributed by atoms with E-state index < -0.39 is 11.6 Å². The minimum Gasteiger partial charge on any atom is -0.468 e. The fourth-order valence-corrected chi connectivity index (χ4v) is 5.85. The Hall–Kier alpha value is -1.86. The standard InChI is InChI=1S/C21H26N2O2/c1-25-20(24)19(12-14-5-3-2-4-6-14)23-21(13-22)17-8-15-7-16(10-17)11-18(21)9-15/h2-6,15-19,23H,7-12H2,1H3/t15?,16?,17?,18?,19-,21?/m1/s1. The molecule has 4 aliphatic rings. The van der Waals surface area contributed by atoms with Gasteiger partial charge in [0.15, 0.2) is 0 Å². The van der Waals surface area contributed by atoms with Crippen molar-refractivity contribution in [3.63, 3.8) is 0 Å². The molecule has 0 aliphatic heterocycles. The van der Waals surface area contributed by atoms with Gasteiger partial charge in [-0.25, -0.2) is 0 Å². The zero-order chi connectivity index (χ0) is 17.4. The van der Waals surface area contributed by atoms with Crippen molar-refractivity contribution in [3.8, 4) is 6.07 Å². The first kappa shape index (κ1) is 16.6. The van der Waals surface area contributed by atoms with Crippen molar-refractivity contribution in [2.24, 2.45) is 23.7 Å².